The van der Waals surface area contributed by atoms with E-state index in [1.54, 1.807) is 0 Å². The Labute approximate surface area is 301 Å². The zero-order chi connectivity index (χ0) is 35.0. The van der Waals surface area contributed by atoms with Gasteiger partial charge in [0.15, 0.2) is 0 Å². The molecule has 286 valence electrons. The molecule has 0 aliphatic heterocycles. The van der Waals surface area contributed by atoms with Crippen LogP contribution in [0, 0.1) is 0 Å². The van der Waals surface area contributed by atoms with E-state index in [2.05, 4.69) is 31.3 Å². The van der Waals surface area contributed by atoms with E-state index in [-0.39, 0.29) is 12.5 Å². The van der Waals surface area contributed by atoms with E-state index < -0.39 is 12.1 Å². The van der Waals surface area contributed by atoms with E-state index >= 15 is 0 Å². The third-order valence-corrected chi connectivity index (χ3v) is 10.3. The van der Waals surface area contributed by atoms with Crippen LogP contribution in [0.5, 0.6) is 0 Å². The summed E-state index contributed by atoms with van der Waals surface area (Å²) in [5, 5.41) is 23.2. The highest BCUT2D eigenvalue weighted by molar-refractivity contribution is 5.76. The summed E-state index contributed by atoms with van der Waals surface area (Å²) in [5.41, 5.74) is 0. The normalized spacial score (nSPS) is 13.0. The second-order valence-corrected chi connectivity index (χ2v) is 15.1. The fourth-order valence-electron chi connectivity index (χ4n) is 6.89. The summed E-state index contributed by atoms with van der Waals surface area (Å²) in [6, 6.07) is -0.534. The lowest BCUT2D eigenvalue weighted by Crippen LogP contribution is -2.45. The number of aliphatic hydroxyl groups excluding tert-OH is 2. The summed E-state index contributed by atoms with van der Waals surface area (Å²) in [5.74, 6) is -0.0332. The Morgan fingerprint density at radius 2 is 0.792 bits per heavy atom. The number of unbranched alkanes of at least 4 members (excludes halogenated alkanes) is 31. The number of carbonyl (C=O) groups is 1. The number of aliphatic hydroxyl groups is 2. The van der Waals surface area contributed by atoms with Crippen LogP contribution >= 0.6 is 0 Å². The molecule has 0 fully saturated rings. The SMILES string of the molecule is CCCCCCCCCCCC/C=C\CCCCCCCCCC(=O)NC(CO)C(O)CCCCCCCCCCCCCCCCC. The number of allylic oxidation sites excluding steroid dienone is 2. The van der Waals surface area contributed by atoms with Crippen molar-refractivity contribution in [1.82, 2.24) is 5.32 Å². The molecule has 0 bridgehead atoms. The maximum Gasteiger partial charge on any atom is 0.220 e. The van der Waals surface area contributed by atoms with Gasteiger partial charge in [-0.2, -0.15) is 0 Å². The van der Waals surface area contributed by atoms with Crippen LogP contribution in [-0.4, -0.2) is 34.9 Å². The fourth-order valence-corrected chi connectivity index (χ4v) is 6.89. The molecule has 0 spiro atoms. The van der Waals surface area contributed by atoms with Crippen molar-refractivity contribution in [3.05, 3.63) is 12.2 Å². The Balaban J connectivity index is 3.50. The van der Waals surface area contributed by atoms with E-state index in [9.17, 15) is 15.0 Å². The largest absolute Gasteiger partial charge is 0.394 e. The lowest BCUT2D eigenvalue weighted by molar-refractivity contribution is -0.123. The molecule has 2 unspecified atom stereocenters. The second kappa shape index (κ2) is 40.6. The second-order valence-electron chi connectivity index (χ2n) is 15.1. The van der Waals surface area contributed by atoms with Gasteiger partial charge in [-0.1, -0.05) is 212 Å². The molecule has 0 aromatic carbocycles. The number of nitrogens with one attached hydrogen (secondary N) is 1. The maximum absolute atomic E-state index is 12.4. The van der Waals surface area contributed by atoms with Crippen molar-refractivity contribution < 1.29 is 15.0 Å². The molecule has 0 aromatic heterocycles. The molecule has 0 heterocycles. The van der Waals surface area contributed by atoms with Crippen molar-refractivity contribution in [2.45, 2.75) is 257 Å². The van der Waals surface area contributed by atoms with E-state index in [1.165, 1.54) is 193 Å². The molecule has 3 N–H and O–H groups in total. The number of carbonyl (C=O) groups excluding carboxylic acids is 1. The highest BCUT2D eigenvalue weighted by Gasteiger charge is 2.20. The third kappa shape index (κ3) is 36.4. The topological polar surface area (TPSA) is 69.6 Å². The predicted molar refractivity (Wildman–Crippen MR) is 212 cm³/mol. The van der Waals surface area contributed by atoms with Crippen molar-refractivity contribution in [1.29, 1.82) is 0 Å². The van der Waals surface area contributed by atoms with Crippen molar-refractivity contribution >= 4 is 5.91 Å². The standard InChI is InChI=1S/C44H87NO3/c1-3-5-7-9-11-13-15-17-19-20-21-22-23-24-26-28-30-32-34-36-38-40-44(48)45-42(41-46)43(47)39-37-35-33-31-29-27-25-18-16-14-12-10-8-6-4-2/h22-23,42-43,46-47H,3-21,24-41H2,1-2H3,(H,45,48)/b23-22-. The van der Waals surface area contributed by atoms with Crippen molar-refractivity contribution in [2.24, 2.45) is 0 Å². The van der Waals surface area contributed by atoms with E-state index in [0.717, 1.165) is 25.7 Å². The van der Waals surface area contributed by atoms with Gasteiger partial charge in [-0.3, -0.25) is 4.79 Å². The Kier molecular flexibility index (Phi) is 39.8. The lowest BCUT2D eigenvalue weighted by atomic mass is 10.0. The average molecular weight is 678 g/mol. The number of hydrogen-bond donors (Lipinski definition) is 3. The summed E-state index contributed by atoms with van der Waals surface area (Å²) in [6.45, 7) is 4.37. The molecule has 1 amide bonds. The molecule has 0 aromatic rings. The summed E-state index contributed by atoms with van der Waals surface area (Å²) >= 11 is 0. The summed E-state index contributed by atoms with van der Waals surface area (Å²) in [4.78, 5) is 12.4. The molecule has 0 saturated carbocycles. The molecule has 0 rings (SSSR count). The zero-order valence-electron chi connectivity index (χ0n) is 32.8. The van der Waals surface area contributed by atoms with Crippen LogP contribution in [-0.2, 0) is 4.79 Å². The quantitative estimate of drug-likeness (QED) is 0.0446. The van der Waals surface area contributed by atoms with Gasteiger partial charge < -0.3 is 15.5 Å². The van der Waals surface area contributed by atoms with Gasteiger partial charge in [0.25, 0.3) is 0 Å². The third-order valence-electron chi connectivity index (χ3n) is 10.3. The van der Waals surface area contributed by atoms with Gasteiger partial charge >= 0.3 is 0 Å². The van der Waals surface area contributed by atoms with E-state index in [4.69, 9.17) is 0 Å². The van der Waals surface area contributed by atoms with Gasteiger partial charge in [-0.15, -0.1) is 0 Å². The molecule has 0 radical (unpaired) electrons. The van der Waals surface area contributed by atoms with E-state index in [1.807, 2.05) is 0 Å². The van der Waals surface area contributed by atoms with Gasteiger partial charge in [0.2, 0.25) is 5.91 Å². The van der Waals surface area contributed by atoms with Gasteiger partial charge in [0, 0.05) is 6.42 Å². The van der Waals surface area contributed by atoms with Crippen molar-refractivity contribution in [3.8, 4) is 0 Å². The highest BCUT2D eigenvalue weighted by atomic mass is 16.3. The number of hydrogen-bond acceptors (Lipinski definition) is 3. The summed E-state index contributed by atoms with van der Waals surface area (Å²) < 4.78 is 0. The molecule has 2 atom stereocenters. The molecule has 0 aliphatic rings. The summed E-state index contributed by atoms with van der Waals surface area (Å²) in [6.07, 6.45) is 50.0. The minimum Gasteiger partial charge on any atom is -0.394 e. The number of amides is 1. The first kappa shape index (κ1) is 47.1. The average Bonchev–Trinajstić information content (AvgIpc) is 3.09. The van der Waals surface area contributed by atoms with Crippen LogP contribution in [0.3, 0.4) is 0 Å². The van der Waals surface area contributed by atoms with Crippen LogP contribution in [0.15, 0.2) is 12.2 Å². The molecule has 0 aliphatic carbocycles. The Hall–Kier alpha value is -0.870. The zero-order valence-corrected chi connectivity index (χ0v) is 32.8. The number of rotatable bonds is 40. The van der Waals surface area contributed by atoms with Crippen LogP contribution < -0.4 is 5.32 Å². The smallest absolute Gasteiger partial charge is 0.220 e. The molecule has 0 saturated heterocycles. The van der Waals surface area contributed by atoms with Gasteiger partial charge in [-0.05, 0) is 38.5 Å². The highest BCUT2D eigenvalue weighted by Crippen LogP contribution is 2.16. The molecular weight excluding hydrogens is 590 g/mol. The fraction of sp³-hybridized carbons (Fsp3) is 0.932. The lowest BCUT2D eigenvalue weighted by Gasteiger charge is -2.22. The van der Waals surface area contributed by atoms with Crippen molar-refractivity contribution in [3.63, 3.8) is 0 Å². The first-order valence-electron chi connectivity index (χ1n) is 21.9. The van der Waals surface area contributed by atoms with E-state index in [0.29, 0.717) is 12.8 Å². The summed E-state index contributed by atoms with van der Waals surface area (Å²) in [7, 11) is 0. The molecule has 48 heavy (non-hydrogen) atoms. The monoisotopic (exact) mass is 678 g/mol. The van der Waals surface area contributed by atoms with Crippen LogP contribution in [0.1, 0.15) is 245 Å². The van der Waals surface area contributed by atoms with Crippen LogP contribution in [0.25, 0.3) is 0 Å². The van der Waals surface area contributed by atoms with Crippen LogP contribution in [0.4, 0.5) is 0 Å². The minimum atomic E-state index is -0.657. The predicted octanol–water partition coefficient (Wildman–Crippen LogP) is 13.5. The van der Waals surface area contributed by atoms with Crippen molar-refractivity contribution in [2.75, 3.05) is 6.61 Å². The van der Waals surface area contributed by atoms with Gasteiger partial charge in [0.05, 0.1) is 18.8 Å². The van der Waals surface area contributed by atoms with Crippen LogP contribution in [0.2, 0.25) is 0 Å². The van der Waals surface area contributed by atoms with Gasteiger partial charge in [0.1, 0.15) is 0 Å². The first-order chi connectivity index (χ1) is 23.7. The molecular formula is C44H87NO3. The maximum atomic E-state index is 12.4. The first-order valence-corrected chi connectivity index (χ1v) is 21.9. The molecule has 4 heteroatoms. The van der Waals surface area contributed by atoms with Gasteiger partial charge in [-0.25, -0.2) is 0 Å². The Bertz CT molecular complexity index is 651. The molecule has 4 nitrogen and oxygen atoms in total. The Morgan fingerprint density at radius 3 is 1.15 bits per heavy atom. The minimum absolute atomic E-state index is 0.0332. The Morgan fingerprint density at radius 1 is 0.479 bits per heavy atom.